The number of hydrogen-bond acceptors (Lipinski definition) is 5. The number of nitrogens with zero attached hydrogens (tertiary/aromatic N) is 2. The standard InChI is InChI=1S/C20H24Cl2N4O6S/c1-20(2)11-25(19(29)30)8-6-15(20)24-16(27)10-13-18(28)23-7-9-26(13)33(31,32)14-5-3-4-12(21)17(14)22/h3-5,7,9,13,15H,6,8,10-11H2,1-2H3,(H,23,28)(H,24,27)(H,29,30)/t13-,15+/m1/s1. The maximum Gasteiger partial charge on any atom is 0.407 e. The second-order valence-corrected chi connectivity index (χ2v) is 11.1. The van der Waals surface area contributed by atoms with Gasteiger partial charge in [0.2, 0.25) is 11.8 Å². The van der Waals surface area contributed by atoms with Crippen LogP contribution in [-0.2, 0) is 19.6 Å². The molecule has 2 aliphatic rings. The van der Waals surface area contributed by atoms with E-state index in [1.807, 2.05) is 13.8 Å². The lowest BCUT2D eigenvalue weighted by atomic mass is 9.79. The topological polar surface area (TPSA) is 136 Å². The highest BCUT2D eigenvalue weighted by atomic mass is 35.5. The van der Waals surface area contributed by atoms with E-state index in [2.05, 4.69) is 10.6 Å². The molecule has 0 aliphatic carbocycles. The highest BCUT2D eigenvalue weighted by Gasteiger charge is 2.41. The van der Waals surface area contributed by atoms with Gasteiger partial charge in [-0.2, -0.15) is 0 Å². The summed E-state index contributed by atoms with van der Waals surface area (Å²) in [7, 11) is -4.30. The highest BCUT2D eigenvalue weighted by molar-refractivity contribution is 7.89. The molecule has 13 heteroatoms. The predicted octanol–water partition coefficient (Wildman–Crippen LogP) is 2.24. The van der Waals surface area contributed by atoms with Gasteiger partial charge in [0.05, 0.1) is 16.5 Å². The van der Waals surface area contributed by atoms with Crippen molar-refractivity contribution in [2.45, 2.75) is 43.7 Å². The minimum absolute atomic E-state index is 0.0346. The molecule has 0 bridgehead atoms. The molecule has 1 fully saturated rings. The Labute approximate surface area is 201 Å². The molecule has 33 heavy (non-hydrogen) atoms. The van der Waals surface area contributed by atoms with E-state index in [0.29, 0.717) is 6.42 Å². The molecule has 1 aromatic carbocycles. The zero-order valence-electron chi connectivity index (χ0n) is 17.9. The number of amides is 3. The van der Waals surface area contributed by atoms with Gasteiger partial charge < -0.3 is 20.6 Å². The molecule has 0 aromatic heterocycles. The first-order valence-corrected chi connectivity index (χ1v) is 12.3. The van der Waals surface area contributed by atoms with E-state index in [9.17, 15) is 27.9 Å². The van der Waals surface area contributed by atoms with Gasteiger partial charge in [-0.25, -0.2) is 13.2 Å². The van der Waals surface area contributed by atoms with Crippen LogP contribution in [0.15, 0.2) is 35.5 Å². The third-order valence-electron chi connectivity index (χ3n) is 5.74. The Balaban J connectivity index is 1.79. The summed E-state index contributed by atoms with van der Waals surface area (Å²) < 4.78 is 27.3. The van der Waals surface area contributed by atoms with Gasteiger partial charge in [0.1, 0.15) is 10.9 Å². The Bertz CT molecular complexity index is 1110. The molecule has 10 nitrogen and oxygen atoms in total. The van der Waals surface area contributed by atoms with E-state index in [0.717, 1.165) is 16.7 Å². The summed E-state index contributed by atoms with van der Waals surface area (Å²) in [4.78, 5) is 37.6. The number of hydrogen-bond donors (Lipinski definition) is 3. The minimum atomic E-state index is -4.30. The first kappa shape index (κ1) is 25.1. The maximum atomic E-state index is 13.2. The van der Waals surface area contributed by atoms with Crippen LogP contribution in [-0.4, -0.2) is 65.8 Å². The number of rotatable bonds is 5. The van der Waals surface area contributed by atoms with Gasteiger partial charge in [-0.05, 0) is 18.6 Å². The molecule has 2 aliphatic heterocycles. The van der Waals surface area contributed by atoms with Gasteiger partial charge in [-0.3, -0.25) is 13.9 Å². The average Bonchev–Trinajstić information content (AvgIpc) is 2.72. The van der Waals surface area contributed by atoms with Crippen molar-refractivity contribution in [3.63, 3.8) is 0 Å². The van der Waals surface area contributed by atoms with Crippen LogP contribution in [0.2, 0.25) is 10.0 Å². The van der Waals surface area contributed by atoms with Gasteiger partial charge in [0, 0.05) is 36.9 Å². The summed E-state index contributed by atoms with van der Waals surface area (Å²) >= 11 is 12.1. The second-order valence-electron chi connectivity index (χ2n) is 8.53. The fraction of sp³-hybridized carbons (Fsp3) is 0.450. The van der Waals surface area contributed by atoms with Crippen molar-refractivity contribution in [3.8, 4) is 0 Å². The number of piperidine rings is 1. The molecular formula is C20H24Cl2N4O6S. The van der Waals surface area contributed by atoms with E-state index >= 15 is 0 Å². The van der Waals surface area contributed by atoms with Crippen molar-refractivity contribution in [1.29, 1.82) is 0 Å². The number of likely N-dealkylation sites (tertiary alicyclic amines) is 1. The second kappa shape index (κ2) is 9.40. The summed E-state index contributed by atoms with van der Waals surface area (Å²) in [6.45, 7) is 4.15. The van der Waals surface area contributed by atoms with Crippen molar-refractivity contribution in [1.82, 2.24) is 19.8 Å². The number of carbonyl (C=O) groups is 3. The van der Waals surface area contributed by atoms with Crippen molar-refractivity contribution in [2.24, 2.45) is 5.41 Å². The van der Waals surface area contributed by atoms with Crippen LogP contribution in [0, 0.1) is 5.41 Å². The van der Waals surface area contributed by atoms with Crippen LogP contribution >= 0.6 is 23.2 Å². The SMILES string of the molecule is CC1(C)CN(C(=O)O)CC[C@@H]1NC(=O)C[C@@H]1C(=O)NC=CN1S(=O)(=O)c1cccc(Cl)c1Cl. The fourth-order valence-corrected chi connectivity index (χ4v) is 6.14. The molecule has 2 atom stereocenters. The molecule has 3 rings (SSSR count). The fourth-order valence-electron chi connectivity index (χ4n) is 3.95. The van der Waals surface area contributed by atoms with Crippen molar-refractivity contribution >= 4 is 51.1 Å². The highest BCUT2D eigenvalue weighted by Crippen LogP contribution is 2.33. The number of carboxylic acid groups (broad SMARTS) is 1. The Morgan fingerprint density at radius 3 is 2.64 bits per heavy atom. The normalized spacial score (nSPS) is 22.6. The molecule has 3 N–H and O–H groups in total. The lowest BCUT2D eigenvalue weighted by molar-refractivity contribution is -0.130. The monoisotopic (exact) mass is 518 g/mol. The van der Waals surface area contributed by atoms with E-state index in [1.54, 1.807) is 0 Å². The van der Waals surface area contributed by atoms with Crippen molar-refractivity contribution < 1.29 is 27.9 Å². The van der Waals surface area contributed by atoms with E-state index in [-0.39, 0.29) is 34.1 Å². The molecule has 0 spiro atoms. The van der Waals surface area contributed by atoms with Crippen LogP contribution in [0.5, 0.6) is 0 Å². The van der Waals surface area contributed by atoms with Crippen LogP contribution in [0.3, 0.4) is 0 Å². The van der Waals surface area contributed by atoms with Gasteiger partial charge in [-0.1, -0.05) is 43.1 Å². The van der Waals surface area contributed by atoms with E-state index in [1.165, 1.54) is 23.1 Å². The van der Waals surface area contributed by atoms with Gasteiger partial charge in [0.15, 0.2) is 0 Å². The summed E-state index contributed by atoms with van der Waals surface area (Å²) in [5.41, 5.74) is -0.554. The van der Waals surface area contributed by atoms with Gasteiger partial charge in [0.25, 0.3) is 10.0 Å². The number of nitrogens with one attached hydrogen (secondary N) is 2. The first-order chi connectivity index (χ1) is 15.3. The van der Waals surface area contributed by atoms with Crippen LogP contribution in [0.25, 0.3) is 0 Å². The first-order valence-electron chi connectivity index (χ1n) is 10.1. The average molecular weight is 519 g/mol. The van der Waals surface area contributed by atoms with Crippen LogP contribution in [0.1, 0.15) is 26.7 Å². The molecule has 1 aromatic rings. The Morgan fingerprint density at radius 2 is 2.00 bits per heavy atom. The summed E-state index contributed by atoms with van der Waals surface area (Å²) in [5, 5.41) is 14.3. The number of sulfonamides is 1. The molecule has 2 heterocycles. The number of benzene rings is 1. The smallest absolute Gasteiger partial charge is 0.407 e. The Kier molecular flexibility index (Phi) is 7.15. The molecule has 180 valence electrons. The van der Waals surface area contributed by atoms with E-state index < -0.39 is 45.8 Å². The molecule has 3 amide bonds. The lowest BCUT2D eigenvalue weighted by Crippen LogP contribution is -2.58. The largest absolute Gasteiger partial charge is 0.465 e. The quantitative estimate of drug-likeness (QED) is 0.546. The van der Waals surface area contributed by atoms with Gasteiger partial charge >= 0.3 is 6.09 Å². The number of halogens is 2. The maximum absolute atomic E-state index is 13.2. The minimum Gasteiger partial charge on any atom is -0.465 e. The molecule has 0 saturated carbocycles. The molecular weight excluding hydrogens is 495 g/mol. The van der Waals surface area contributed by atoms with Crippen molar-refractivity contribution in [2.75, 3.05) is 13.1 Å². The Morgan fingerprint density at radius 1 is 1.30 bits per heavy atom. The number of carbonyl (C=O) groups excluding carboxylic acids is 2. The molecule has 0 unspecified atom stereocenters. The third-order valence-corrected chi connectivity index (χ3v) is 8.50. The van der Waals surface area contributed by atoms with Crippen LogP contribution < -0.4 is 10.6 Å². The zero-order valence-corrected chi connectivity index (χ0v) is 20.2. The third kappa shape index (κ3) is 5.20. The Hall–Kier alpha value is -2.50. The lowest BCUT2D eigenvalue weighted by Gasteiger charge is -2.43. The summed E-state index contributed by atoms with van der Waals surface area (Å²) in [5.74, 6) is -1.21. The molecule has 0 radical (unpaired) electrons. The van der Waals surface area contributed by atoms with Gasteiger partial charge in [-0.15, -0.1) is 0 Å². The van der Waals surface area contributed by atoms with Crippen molar-refractivity contribution in [3.05, 3.63) is 40.6 Å². The molecule has 1 saturated heterocycles. The van der Waals surface area contributed by atoms with Crippen LogP contribution in [0.4, 0.5) is 4.79 Å². The summed E-state index contributed by atoms with van der Waals surface area (Å²) in [6, 6.07) is 2.42. The summed E-state index contributed by atoms with van der Waals surface area (Å²) in [6.07, 6.45) is 1.24. The zero-order chi connectivity index (χ0) is 24.6. The predicted molar refractivity (Wildman–Crippen MR) is 121 cm³/mol. The van der Waals surface area contributed by atoms with E-state index in [4.69, 9.17) is 23.2 Å².